The molecule has 1 aliphatic rings. The van der Waals surface area contributed by atoms with Gasteiger partial charge in [0.15, 0.2) is 17.3 Å². The monoisotopic (exact) mass is 345 g/mol. The molecule has 0 aliphatic carbocycles. The first-order valence-corrected chi connectivity index (χ1v) is 8.07. The van der Waals surface area contributed by atoms with Crippen LogP contribution in [-0.4, -0.2) is 46.9 Å². The van der Waals surface area contributed by atoms with Gasteiger partial charge in [-0.05, 0) is 19.2 Å². The van der Waals surface area contributed by atoms with Crippen molar-refractivity contribution in [2.45, 2.75) is 6.04 Å². The first-order chi connectivity index (χ1) is 11.7. The minimum atomic E-state index is 0.0891. The van der Waals surface area contributed by atoms with E-state index in [9.17, 15) is 0 Å². The van der Waals surface area contributed by atoms with Gasteiger partial charge in [0.1, 0.15) is 0 Å². The van der Waals surface area contributed by atoms with Crippen LogP contribution in [0.1, 0.15) is 11.9 Å². The highest BCUT2D eigenvalue weighted by Gasteiger charge is 2.26. The highest BCUT2D eigenvalue weighted by molar-refractivity contribution is 6.33. The maximum Gasteiger partial charge on any atom is 0.280 e. The number of hydrogen-bond donors (Lipinski definition) is 1. The first-order valence-electron chi connectivity index (χ1n) is 7.69. The van der Waals surface area contributed by atoms with Crippen LogP contribution in [0, 0.1) is 0 Å². The fraction of sp³-hybridized carbons (Fsp3) is 0.312. The van der Waals surface area contributed by atoms with Gasteiger partial charge in [-0.15, -0.1) is 0 Å². The third-order valence-corrected chi connectivity index (χ3v) is 4.45. The molecule has 3 aromatic rings. The summed E-state index contributed by atoms with van der Waals surface area (Å²) in [4.78, 5) is 6.67. The van der Waals surface area contributed by atoms with Crippen molar-refractivity contribution in [1.29, 1.82) is 0 Å². The fourth-order valence-corrected chi connectivity index (χ4v) is 2.96. The number of halogens is 1. The summed E-state index contributed by atoms with van der Waals surface area (Å²) < 4.78 is 10.7. The molecule has 24 heavy (non-hydrogen) atoms. The zero-order valence-electron chi connectivity index (χ0n) is 13.1. The fourth-order valence-electron chi connectivity index (χ4n) is 2.73. The van der Waals surface area contributed by atoms with E-state index >= 15 is 0 Å². The van der Waals surface area contributed by atoms with Crippen molar-refractivity contribution in [3.05, 3.63) is 41.2 Å². The van der Waals surface area contributed by atoms with Gasteiger partial charge in [0.05, 0.1) is 11.1 Å². The Morgan fingerprint density at radius 2 is 2.12 bits per heavy atom. The lowest BCUT2D eigenvalue weighted by atomic mass is 10.1. The number of likely N-dealkylation sites (N-methyl/N-ethyl adjacent to an activating group) is 1. The van der Waals surface area contributed by atoms with Crippen molar-refractivity contribution in [3.8, 4) is 22.9 Å². The van der Waals surface area contributed by atoms with Gasteiger partial charge >= 0.3 is 0 Å². The van der Waals surface area contributed by atoms with E-state index in [0.717, 1.165) is 25.2 Å². The highest BCUT2D eigenvalue weighted by Crippen LogP contribution is 2.30. The van der Waals surface area contributed by atoms with Gasteiger partial charge < -0.3 is 14.4 Å². The van der Waals surface area contributed by atoms with Crippen LogP contribution in [0.2, 0.25) is 5.02 Å². The number of hydrogen-bond acceptors (Lipinski definition) is 7. The van der Waals surface area contributed by atoms with Crippen molar-refractivity contribution in [3.63, 3.8) is 0 Å². The van der Waals surface area contributed by atoms with Crippen LogP contribution in [0.15, 0.2) is 39.4 Å². The van der Waals surface area contributed by atoms with Crippen molar-refractivity contribution >= 4 is 11.6 Å². The number of nitrogens with one attached hydrogen (secondary N) is 1. The normalized spacial score (nSPS) is 18.8. The van der Waals surface area contributed by atoms with Gasteiger partial charge in [0, 0.05) is 31.3 Å². The summed E-state index contributed by atoms with van der Waals surface area (Å²) in [6, 6.07) is 9.26. The van der Waals surface area contributed by atoms with Crippen LogP contribution in [0.25, 0.3) is 22.9 Å². The molecule has 0 radical (unpaired) electrons. The Labute approximate surface area is 143 Å². The molecule has 7 nitrogen and oxygen atoms in total. The number of aromatic nitrogens is 3. The van der Waals surface area contributed by atoms with Gasteiger partial charge in [-0.3, -0.25) is 4.90 Å². The Morgan fingerprint density at radius 1 is 1.25 bits per heavy atom. The van der Waals surface area contributed by atoms with Crippen LogP contribution in [-0.2, 0) is 0 Å². The second-order valence-electron chi connectivity index (χ2n) is 5.71. The van der Waals surface area contributed by atoms with Crippen LogP contribution < -0.4 is 5.32 Å². The third kappa shape index (κ3) is 2.82. The van der Waals surface area contributed by atoms with Crippen LogP contribution in [0.3, 0.4) is 0 Å². The van der Waals surface area contributed by atoms with Crippen molar-refractivity contribution < 1.29 is 9.05 Å². The third-order valence-electron chi connectivity index (χ3n) is 4.12. The minimum absolute atomic E-state index is 0.0891. The summed E-state index contributed by atoms with van der Waals surface area (Å²) in [6.07, 6.45) is 0. The topological polar surface area (TPSA) is 80.2 Å². The molecule has 3 heterocycles. The predicted octanol–water partition coefficient (Wildman–Crippen LogP) is 2.62. The molecule has 0 bridgehead atoms. The molecule has 1 aliphatic heterocycles. The predicted molar refractivity (Wildman–Crippen MR) is 88.5 cm³/mol. The summed E-state index contributed by atoms with van der Waals surface area (Å²) in [5, 5.41) is 12.0. The molecule has 1 saturated heterocycles. The zero-order chi connectivity index (χ0) is 16.5. The number of piperazine rings is 1. The average molecular weight is 346 g/mol. The van der Waals surface area contributed by atoms with Crippen molar-refractivity contribution in [1.82, 2.24) is 25.5 Å². The lowest BCUT2D eigenvalue weighted by Crippen LogP contribution is -2.44. The number of benzene rings is 1. The molecule has 1 unspecified atom stereocenters. The smallest absolute Gasteiger partial charge is 0.280 e. The molecule has 8 heteroatoms. The maximum absolute atomic E-state index is 6.18. The zero-order valence-corrected chi connectivity index (χ0v) is 13.8. The van der Waals surface area contributed by atoms with Crippen LogP contribution >= 0.6 is 11.6 Å². The quantitative estimate of drug-likeness (QED) is 0.781. The van der Waals surface area contributed by atoms with Crippen molar-refractivity contribution in [2.24, 2.45) is 0 Å². The van der Waals surface area contributed by atoms with E-state index in [-0.39, 0.29) is 6.04 Å². The van der Waals surface area contributed by atoms with E-state index in [2.05, 4.69) is 25.5 Å². The highest BCUT2D eigenvalue weighted by atomic mass is 35.5. The lowest BCUT2D eigenvalue weighted by Gasteiger charge is -2.30. The summed E-state index contributed by atoms with van der Waals surface area (Å²) in [5.74, 6) is 1.54. The SMILES string of the molecule is CN1CCNCC1c1noc(-c2cc(-c3ccccc3Cl)on2)n1. The number of nitrogens with zero attached hydrogens (tertiary/aromatic N) is 4. The van der Waals surface area contributed by atoms with Gasteiger partial charge in [0.25, 0.3) is 5.89 Å². The molecule has 4 rings (SSSR count). The molecule has 0 saturated carbocycles. The molecule has 0 spiro atoms. The standard InChI is InChI=1S/C16H16ClN5O2/c1-22-7-6-18-9-13(22)15-19-16(24-21-15)12-8-14(23-20-12)10-4-2-3-5-11(10)17/h2-5,8,13,18H,6-7,9H2,1H3. The molecular formula is C16H16ClN5O2. The van der Waals surface area contributed by atoms with Gasteiger partial charge in [-0.25, -0.2) is 0 Å². The lowest BCUT2D eigenvalue weighted by molar-refractivity contribution is 0.190. The molecule has 1 atom stereocenters. The molecule has 1 aromatic carbocycles. The molecule has 2 aromatic heterocycles. The van der Waals surface area contributed by atoms with E-state index in [1.165, 1.54) is 0 Å². The van der Waals surface area contributed by atoms with E-state index < -0.39 is 0 Å². The molecule has 124 valence electrons. The number of rotatable bonds is 3. The van der Waals surface area contributed by atoms with Crippen LogP contribution in [0.5, 0.6) is 0 Å². The van der Waals surface area contributed by atoms with Crippen molar-refractivity contribution in [2.75, 3.05) is 26.7 Å². The van der Waals surface area contributed by atoms with E-state index in [1.807, 2.05) is 25.2 Å². The Hall–Kier alpha value is -2.22. The Kier molecular flexibility index (Phi) is 4.05. The molecular weight excluding hydrogens is 330 g/mol. The van der Waals surface area contributed by atoms with E-state index in [0.29, 0.717) is 28.2 Å². The van der Waals surface area contributed by atoms with Gasteiger partial charge in [-0.1, -0.05) is 34.0 Å². The summed E-state index contributed by atoms with van der Waals surface area (Å²) in [5.41, 5.74) is 1.27. The summed E-state index contributed by atoms with van der Waals surface area (Å²) in [7, 11) is 2.05. The summed E-state index contributed by atoms with van der Waals surface area (Å²) in [6.45, 7) is 2.69. The Bertz CT molecular complexity index is 846. The molecule has 1 N–H and O–H groups in total. The maximum atomic E-state index is 6.18. The van der Waals surface area contributed by atoms with E-state index in [1.54, 1.807) is 12.1 Å². The molecule has 0 amide bonds. The second-order valence-corrected chi connectivity index (χ2v) is 6.12. The Morgan fingerprint density at radius 3 is 2.96 bits per heavy atom. The van der Waals surface area contributed by atoms with E-state index in [4.69, 9.17) is 20.6 Å². The van der Waals surface area contributed by atoms with Gasteiger partial charge in [0.2, 0.25) is 0 Å². The molecule has 1 fully saturated rings. The summed E-state index contributed by atoms with van der Waals surface area (Å²) >= 11 is 6.18. The largest absolute Gasteiger partial charge is 0.355 e. The second kappa shape index (κ2) is 6.35. The first kappa shape index (κ1) is 15.3. The van der Waals surface area contributed by atoms with Gasteiger partial charge in [-0.2, -0.15) is 4.98 Å². The van der Waals surface area contributed by atoms with Crippen LogP contribution in [0.4, 0.5) is 0 Å². The Balaban J connectivity index is 1.60. The minimum Gasteiger partial charge on any atom is -0.355 e. The average Bonchev–Trinajstić information content (AvgIpc) is 3.25.